The van der Waals surface area contributed by atoms with E-state index in [0.717, 1.165) is 6.26 Å². The summed E-state index contributed by atoms with van der Waals surface area (Å²) >= 11 is 0. The molecule has 0 atom stereocenters. The molecule has 0 bridgehead atoms. The summed E-state index contributed by atoms with van der Waals surface area (Å²) in [5.74, 6) is -2.81. The zero-order valence-corrected chi connectivity index (χ0v) is 4.16. The fourth-order valence-electron chi connectivity index (χ4n) is 0.334. The quantitative estimate of drug-likeness (QED) is 0.575. The Morgan fingerprint density at radius 3 is 2.56 bits per heavy atom. The Morgan fingerprint density at radius 1 is 1.67 bits per heavy atom. The van der Waals surface area contributed by atoms with E-state index < -0.39 is 17.6 Å². The van der Waals surface area contributed by atoms with Crippen LogP contribution in [0.15, 0.2) is 19.9 Å². The molecule has 1 rings (SSSR count). The molecule has 0 aromatic carbocycles. The molecule has 5 nitrogen and oxygen atoms in total. The molecule has 0 radical (unpaired) electrons. The highest BCUT2D eigenvalue weighted by Crippen LogP contribution is 1.92. The van der Waals surface area contributed by atoms with Crippen LogP contribution in [-0.2, 0) is 0 Å². The minimum absolute atomic E-state index is 0.486. The molecule has 9 heavy (non-hydrogen) atoms. The lowest BCUT2D eigenvalue weighted by atomic mass is 10.5. The van der Waals surface area contributed by atoms with Crippen molar-refractivity contribution in [3.05, 3.63) is 22.6 Å². The Hall–Kier alpha value is -1.52. The Labute approximate surface area is 48.5 Å². The van der Waals surface area contributed by atoms with Crippen LogP contribution in [0.5, 0.6) is 0 Å². The van der Waals surface area contributed by atoms with Gasteiger partial charge in [-0.1, -0.05) is 0 Å². The van der Waals surface area contributed by atoms with Gasteiger partial charge in [0.25, 0.3) is 5.76 Å². The zero-order chi connectivity index (χ0) is 6.85. The molecule has 5 heteroatoms. The maximum atomic E-state index is 10.00. The first kappa shape index (κ1) is 5.61. The van der Waals surface area contributed by atoms with Crippen molar-refractivity contribution in [3.8, 4) is 0 Å². The summed E-state index contributed by atoms with van der Waals surface area (Å²) in [6.45, 7) is 0. The molecule has 0 fully saturated rings. The van der Waals surface area contributed by atoms with Gasteiger partial charge in [-0.25, -0.2) is 9.59 Å². The van der Waals surface area contributed by atoms with Crippen molar-refractivity contribution in [1.29, 1.82) is 0 Å². The molecule has 0 amide bonds. The Balaban J connectivity index is 3.12. The van der Waals surface area contributed by atoms with E-state index in [1.54, 1.807) is 0 Å². The molecule has 1 aromatic rings. The molecular weight excluding hydrogens is 128 g/mol. The molecule has 48 valence electrons. The highest BCUT2D eigenvalue weighted by Gasteiger charge is 2.07. The largest absolute Gasteiger partial charge is 0.519 e. The van der Waals surface area contributed by atoms with Crippen molar-refractivity contribution in [3.63, 3.8) is 0 Å². The zero-order valence-electron chi connectivity index (χ0n) is 4.16. The molecule has 1 heterocycles. The van der Waals surface area contributed by atoms with Crippen LogP contribution < -0.4 is 5.82 Å². The van der Waals surface area contributed by atoms with E-state index in [9.17, 15) is 9.59 Å². The molecule has 1 aromatic heterocycles. The van der Waals surface area contributed by atoms with Gasteiger partial charge in [0.1, 0.15) is 6.26 Å². The first-order valence-corrected chi connectivity index (χ1v) is 2.02. The van der Waals surface area contributed by atoms with Gasteiger partial charge in [-0.15, -0.1) is 0 Å². The van der Waals surface area contributed by atoms with Gasteiger partial charge in [-0.2, -0.15) is 0 Å². The second kappa shape index (κ2) is 1.77. The third kappa shape index (κ3) is 0.987. The predicted molar refractivity (Wildman–Crippen MR) is 24.2 cm³/mol. The lowest BCUT2D eigenvalue weighted by molar-refractivity contribution is 0.0660. The molecule has 1 N–H and O–H groups in total. The van der Waals surface area contributed by atoms with E-state index in [1.165, 1.54) is 0 Å². The summed E-state index contributed by atoms with van der Waals surface area (Å²) in [6.07, 6.45) is 0.741. The number of carboxylic acid groups (broad SMARTS) is 1. The minimum atomic E-state index is -1.32. The second-order valence-electron chi connectivity index (χ2n) is 1.26. The first-order chi connectivity index (χ1) is 4.20. The number of hydrogen-bond donors (Lipinski definition) is 1. The van der Waals surface area contributed by atoms with Crippen molar-refractivity contribution in [2.75, 3.05) is 0 Å². The van der Waals surface area contributed by atoms with Crippen molar-refractivity contribution in [2.45, 2.75) is 0 Å². The molecule has 0 spiro atoms. The summed E-state index contributed by atoms with van der Waals surface area (Å²) in [5, 5.41) is 8.11. The molecular formula is C4H2O5. The summed E-state index contributed by atoms with van der Waals surface area (Å²) < 4.78 is 8.05. The predicted octanol–water partition coefficient (Wildman–Crippen LogP) is -0.0690. The van der Waals surface area contributed by atoms with Gasteiger partial charge in [0, 0.05) is 0 Å². The molecule has 0 unspecified atom stereocenters. The van der Waals surface area contributed by atoms with Crippen molar-refractivity contribution < 1.29 is 18.7 Å². The van der Waals surface area contributed by atoms with Crippen molar-refractivity contribution in [2.24, 2.45) is 0 Å². The fourth-order valence-corrected chi connectivity index (χ4v) is 0.334. The molecule has 0 saturated heterocycles. The third-order valence-electron chi connectivity index (χ3n) is 0.666. The molecule has 0 aliphatic rings. The second-order valence-corrected chi connectivity index (χ2v) is 1.26. The van der Waals surface area contributed by atoms with Crippen LogP contribution in [0.4, 0.5) is 0 Å². The number of rotatable bonds is 1. The van der Waals surface area contributed by atoms with E-state index in [1.807, 2.05) is 0 Å². The van der Waals surface area contributed by atoms with Gasteiger partial charge < -0.3 is 13.9 Å². The van der Waals surface area contributed by atoms with E-state index >= 15 is 0 Å². The van der Waals surface area contributed by atoms with Crippen LogP contribution in [0, 0.1) is 0 Å². The van der Waals surface area contributed by atoms with Crippen molar-refractivity contribution >= 4 is 5.97 Å². The Morgan fingerprint density at radius 2 is 2.33 bits per heavy atom. The average Bonchev–Trinajstić information content (AvgIpc) is 2.14. The van der Waals surface area contributed by atoms with Crippen LogP contribution in [0.2, 0.25) is 0 Å². The normalized spacial score (nSPS) is 9.33. The summed E-state index contributed by atoms with van der Waals surface area (Å²) in [5.41, 5.74) is 0. The van der Waals surface area contributed by atoms with Gasteiger partial charge in [-0.3, -0.25) is 0 Å². The van der Waals surface area contributed by atoms with Gasteiger partial charge in [0.05, 0.1) is 0 Å². The van der Waals surface area contributed by atoms with Crippen molar-refractivity contribution in [1.82, 2.24) is 0 Å². The third-order valence-corrected chi connectivity index (χ3v) is 0.666. The van der Waals surface area contributed by atoms with Gasteiger partial charge in [-0.05, 0) is 0 Å². The van der Waals surface area contributed by atoms with Gasteiger partial charge in [0.15, 0.2) is 0 Å². The van der Waals surface area contributed by atoms with E-state index in [0.29, 0.717) is 0 Å². The number of carbonyl (C=O) groups is 1. The maximum Gasteiger partial charge on any atom is 0.519 e. The summed E-state index contributed by atoms with van der Waals surface area (Å²) in [7, 11) is 0. The van der Waals surface area contributed by atoms with Gasteiger partial charge in [0.2, 0.25) is 0 Å². The number of aromatic carboxylic acids is 1. The smallest absolute Gasteiger partial charge is 0.475 e. The lowest BCUT2D eigenvalue weighted by Crippen LogP contribution is -1.94. The highest BCUT2D eigenvalue weighted by molar-refractivity contribution is 5.83. The number of carboxylic acids is 1. The summed E-state index contributed by atoms with van der Waals surface area (Å²) in [6, 6.07) is 0. The maximum absolute atomic E-state index is 10.00. The first-order valence-electron chi connectivity index (χ1n) is 2.02. The van der Waals surface area contributed by atoms with Crippen LogP contribution in [0.1, 0.15) is 10.6 Å². The monoisotopic (exact) mass is 130 g/mol. The van der Waals surface area contributed by atoms with E-state index in [-0.39, 0.29) is 0 Å². The minimum Gasteiger partial charge on any atom is -0.475 e. The Bertz CT molecular complexity index is 266. The summed E-state index contributed by atoms with van der Waals surface area (Å²) in [4.78, 5) is 19.9. The van der Waals surface area contributed by atoms with Crippen LogP contribution in [0.3, 0.4) is 0 Å². The molecule has 0 saturated carbocycles. The highest BCUT2D eigenvalue weighted by atomic mass is 16.6. The number of hydrogen-bond acceptors (Lipinski definition) is 4. The van der Waals surface area contributed by atoms with Crippen LogP contribution in [0.25, 0.3) is 0 Å². The standard InChI is InChI=1S/C4H2O5/c5-3(6)2-1-8-4(7)9-2/h1H,(H,5,6). The van der Waals surface area contributed by atoms with E-state index in [4.69, 9.17) is 5.11 Å². The van der Waals surface area contributed by atoms with Gasteiger partial charge >= 0.3 is 11.8 Å². The van der Waals surface area contributed by atoms with Crippen LogP contribution in [-0.4, -0.2) is 11.1 Å². The molecule has 0 aliphatic carbocycles. The SMILES string of the molecule is O=C(O)c1coc(=O)o1. The molecule has 0 aliphatic heterocycles. The average molecular weight is 130 g/mol. The fraction of sp³-hybridized carbons (Fsp3) is 0. The van der Waals surface area contributed by atoms with E-state index in [2.05, 4.69) is 8.83 Å². The van der Waals surface area contributed by atoms with Crippen LogP contribution >= 0.6 is 0 Å². The topological polar surface area (TPSA) is 80.6 Å². The lowest BCUT2D eigenvalue weighted by Gasteiger charge is -1.75. The Kier molecular flexibility index (Phi) is 1.11.